The van der Waals surface area contributed by atoms with Gasteiger partial charge in [-0.3, -0.25) is 4.79 Å². The van der Waals surface area contributed by atoms with E-state index < -0.39 is 0 Å². The number of nitrogens with one attached hydrogen (secondary N) is 2. The second-order valence-electron chi connectivity index (χ2n) is 7.97. The number of halogens is 3. The molecule has 1 amide bonds. The maximum atomic E-state index is 12.6. The number of anilines is 1. The number of carbonyl (C=O) groups is 1. The average Bonchev–Trinajstić information content (AvgIpc) is 3.21. The maximum Gasteiger partial charge on any atom is 0.260 e. The van der Waals surface area contributed by atoms with E-state index in [0.717, 1.165) is 27.7 Å². The van der Waals surface area contributed by atoms with Gasteiger partial charge in [0.2, 0.25) is 0 Å². The van der Waals surface area contributed by atoms with Gasteiger partial charge >= 0.3 is 0 Å². The highest BCUT2D eigenvalue weighted by Gasteiger charge is 2.27. The molecule has 2 N–H and O–H groups in total. The third-order valence-corrected chi connectivity index (χ3v) is 7.87. The van der Waals surface area contributed by atoms with Gasteiger partial charge in [-0.15, -0.1) is 0 Å². The molecule has 3 aromatic rings. The number of hydrogen-bond donors (Lipinski definition) is 2. The van der Waals surface area contributed by atoms with Crippen molar-refractivity contribution in [1.29, 1.82) is 0 Å². The van der Waals surface area contributed by atoms with Crippen LogP contribution < -0.4 is 20.1 Å². The molecule has 4 rings (SSSR count). The Balaban J connectivity index is 1.49. The topological polar surface area (TPSA) is 59.6 Å². The van der Waals surface area contributed by atoms with E-state index in [0.29, 0.717) is 39.7 Å². The lowest BCUT2D eigenvalue weighted by Gasteiger charge is -2.14. The standard InChI is InChI=1S/C27H25BrCl2N2O3S/c1-3-16-5-8-19(9-6-16)31-27-32-26(33)25(36-27)13-18-12-23(34-4-2)24(14-20(18)28)35-15-17-7-10-21(29)22(30)11-17/h5-14,27,31H,3-4,15H2,1-2H3,(H,32,33)/b25-13-/t27-/m1/s1. The van der Waals surface area contributed by atoms with Gasteiger partial charge in [-0.05, 0) is 72.5 Å². The zero-order chi connectivity index (χ0) is 25.7. The van der Waals surface area contributed by atoms with E-state index in [1.165, 1.54) is 17.3 Å². The van der Waals surface area contributed by atoms with Gasteiger partial charge in [0.05, 0.1) is 21.6 Å². The number of rotatable bonds is 9. The number of aryl methyl sites for hydroxylation is 1. The fourth-order valence-corrected chi connectivity index (χ4v) is 5.26. The summed E-state index contributed by atoms with van der Waals surface area (Å²) >= 11 is 17.2. The Labute approximate surface area is 233 Å². The molecule has 1 fully saturated rings. The van der Waals surface area contributed by atoms with Gasteiger partial charge in [0.25, 0.3) is 5.91 Å². The van der Waals surface area contributed by atoms with Crippen LogP contribution in [0.5, 0.6) is 11.5 Å². The first kappa shape index (κ1) is 26.7. The Hall–Kier alpha value is -2.32. The Morgan fingerprint density at radius 3 is 2.42 bits per heavy atom. The van der Waals surface area contributed by atoms with Crippen LogP contribution in [-0.4, -0.2) is 18.0 Å². The summed E-state index contributed by atoms with van der Waals surface area (Å²) in [5.41, 5.74) is 3.66. The van der Waals surface area contributed by atoms with Crippen LogP contribution in [0.3, 0.4) is 0 Å². The van der Waals surface area contributed by atoms with Crippen LogP contribution in [0, 0.1) is 0 Å². The van der Waals surface area contributed by atoms with Crippen molar-refractivity contribution in [2.75, 3.05) is 11.9 Å². The van der Waals surface area contributed by atoms with E-state index in [-0.39, 0.29) is 11.4 Å². The zero-order valence-corrected chi connectivity index (χ0v) is 23.7. The van der Waals surface area contributed by atoms with Crippen molar-refractivity contribution >= 4 is 68.6 Å². The highest BCUT2D eigenvalue weighted by atomic mass is 79.9. The molecule has 1 atom stereocenters. The first-order valence-electron chi connectivity index (χ1n) is 11.4. The number of carbonyl (C=O) groups excluding carboxylic acids is 1. The van der Waals surface area contributed by atoms with Crippen molar-refractivity contribution in [3.63, 3.8) is 0 Å². The molecule has 0 bridgehead atoms. The maximum absolute atomic E-state index is 12.6. The molecule has 0 aliphatic carbocycles. The lowest BCUT2D eigenvalue weighted by molar-refractivity contribution is -0.116. The molecule has 1 aliphatic heterocycles. The molecule has 1 saturated heterocycles. The Bertz CT molecular complexity index is 1280. The van der Waals surface area contributed by atoms with Gasteiger partial charge < -0.3 is 20.1 Å². The highest BCUT2D eigenvalue weighted by Crippen LogP contribution is 2.38. The van der Waals surface area contributed by atoms with Crippen LogP contribution in [0.4, 0.5) is 5.69 Å². The molecular formula is C27H25BrCl2N2O3S. The first-order valence-corrected chi connectivity index (χ1v) is 13.9. The summed E-state index contributed by atoms with van der Waals surface area (Å²) in [4.78, 5) is 13.2. The molecule has 1 heterocycles. The molecule has 0 aromatic heterocycles. The molecule has 1 aliphatic rings. The smallest absolute Gasteiger partial charge is 0.260 e. The quantitative estimate of drug-likeness (QED) is 0.242. The Morgan fingerprint density at radius 2 is 1.72 bits per heavy atom. The molecule has 0 radical (unpaired) electrons. The van der Waals surface area contributed by atoms with Crippen LogP contribution in [0.25, 0.3) is 6.08 Å². The van der Waals surface area contributed by atoms with Gasteiger partial charge in [0, 0.05) is 10.2 Å². The van der Waals surface area contributed by atoms with E-state index in [4.69, 9.17) is 32.7 Å². The van der Waals surface area contributed by atoms with E-state index in [1.54, 1.807) is 12.1 Å². The summed E-state index contributed by atoms with van der Waals surface area (Å²) < 4.78 is 12.6. The van der Waals surface area contributed by atoms with Crippen LogP contribution in [0.2, 0.25) is 10.0 Å². The zero-order valence-electron chi connectivity index (χ0n) is 19.7. The van der Waals surface area contributed by atoms with Gasteiger partial charge in [-0.1, -0.05) is 76.0 Å². The lowest BCUT2D eigenvalue weighted by Crippen LogP contribution is -2.30. The predicted molar refractivity (Wildman–Crippen MR) is 153 cm³/mol. The molecule has 9 heteroatoms. The normalized spacial score (nSPS) is 16.2. The third kappa shape index (κ3) is 6.71. The molecule has 0 unspecified atom stereocenters. The molecular weight excluding hydrogens is 583 g/mol. The van der Waals surface area contributed by atoms with E-state index >= 15 is 0 Å². The van der Waals surface area contributed by atoms with Crippen molar-refractivity contribution in [1.82, 2.24) is 5.32 Å². The second kappa shape index (κ2) is 12.3. The summed E-state index contributed by atoms with van der Waals surface area (Å²) in [6.07, 6.45) is 2.83. The number of hydrogen-bond acceptors (Lipinski definition) is 5. The second-order valence-corrected chi connectivity index (χ2v) is 10.8. The van der Waals surface area contributed by atoms with Gasteiger partial charge in [-0.2, -0.15) is 0 Å². The molecule has 0 saturated carbocycles. The summed E-state index contributed by atoms with van der Waals surface area (Å²) in [6, 6.07) is 17.3. The fourth-order valence-electron chi connectivity index (χ4n) is 3.53. The first-order chi connectivity index (χ1) is 17.4. The summed E-state index contributed by atoms with van der Waals surface area (Å²) in [6.45, 7) is 4.80. The Morgan fingerprint density at radius 1 is 1.00 bits per heavy atom. The third-order valence-electron chi connectivity index (χ3n) is 5.42. The van der Waals surface area contributed by atoms with Crippen molar-refractivity contribution in [2.24, 2.45) is 0 Å². The minimum Gasteiger partial charge on any atom is -0.490 e. The number of thioether (sulfide) groups is 1. The summed E-state index contributed by atoms with van der Waals surface area (Å²) in [5.74, 6) is 1.03. The fraction of sp³-hybridized carbons (Fsp3) is 0.222. The number of amides is 1. The van der Waals surface area contributed by atoms with E-state index in [1.807, 2.05) is 43.3 Å². The largest absolute Gasteiger partial charge is 0.490 e. The van der Waals surface area contributed by atoms with E-state index in [9.17, 15) is 4.79 Å². The van der Waals surface area contributed by atoms with Crippen molar-refractivity contribution in [2.45, 2.75) is 32.4 Å². The van der Waals surface area contributed by atoms with Crippen LogP contribution in [0.1, 0.15) is 30.5 Å². The van der Waals surface area contributed by atoms with Crippen molar-refractivity contribution < 1.29 is 14.3 Å². The number of ether oxygens (including phenoxy) is 2. The van der Waals surface area contributed by atoms with Crippen LogP contribution in [0.15, 0.2) is 64.0 Å². The molecule has 36 heavy (non-hydrogen) atoms. The molecule has 3 aromatic carbocycles. The molecule has 0 spiro atoms. The predicted octanol–water partition coefficient (Wildman–Crippen LogP) is 7.90. The van der Waals surface area contributed by atoms with E-state index in [2.05, 4.69) is 45.6 Å². The Kier molecular flexibility index (Phi) is 9.12. The van der Waals surface area contributed by atoms with Gasteiger partial charge in [0.1, 0.15) is 6.61 Å². The van der Waals surface area contributed by atoms with Gasteiger partial charge in [0.15, 0.2) is 17.0 Å². The van der Waals surface area contributed by atoms with Crippen LogP contribution >= 0.6 is 50.9 Å². The SMILES string of the molecule is CCOc1cc(/C=C2\S[C@H](Nc3ccc(CC)cc3)NC2=O)c(Br)cc1OCc1ccc(Cl)c(Cl)c1. The van der Waals surface area contributed by atoms with Gasteiger partial charge in [-0.25, -0.2) is 0 Å². The minimum absolute atomic E-state index is 0.132. The van der Waals surface area contributed by atoms with Crippen molar-refractivity contribution in [3.05, 3.63) is 90.7 Å². The monoisotopic (exact) mass is 606 g/mol. The minimum atomic E-state index is -0.254. The molecule has 188 valence electrons. The number of benzene rings is 3. The van der Waals surface area contributed by atoms with Crippen molar-refractivity contribution in [3.8, 4) is 11.5 Å². The molecule has 5 nitrogen and oxygen atoms in total. The highest BCUT2D eigenvalue weighted by molar-refractivity contribution is 9.10. The van der Waals surface area contributed by atoms with Crippen LogP contribution in [-0.2, 0) is 17.8 Å². The summed E-state index contributed by atoms with van der Waals surface area (Å²) in [5, 5.41) is 7.29. The lowest BCUT2D eigenvalue weighted by atomic mass is 10.1. The average molecular weight is 608 g/mol. The summed E-state index contributed by atoms with van der Waals surface area (Å²) in [7, 11) is 0.